The number of ether oxygens (including phenoxy) is 1. The fraction of sp³-hybridized carbons (Fsp3) is 0.0476. The first-order valence-electron chi connectivity index (χ1n) is 8.82. The van der Waals surface area contributed by atoms with Crippen molar-refractivity contribution in [2.75, 3.05) is 5.32 Å². The van der Waals surface area contributed by atoms with Crippen molar-refractivity contribution < 1.29 is 9.53 Å². The molecule has 0 radical (unpaired) electrons. The number of pyridine rings is 1. The molecule has 0 saturated carbocycles. The fourth-order valence-corrected chi connectivity index (χ4v) is 3.18. The van der Waals surface area contributed by atoms with Gasteiger partial charge in [-0.25, -0.2) is 14.8 Å². The Bertz CT molecular complexity index is 1050. The molecular formula is C21H17N5O2S. The van der Waals surface area contributed by atoms with E-state index in [-0.39, 0.29) is 6.03 Å². The highest BCUT2D eigenvalue weighted by atomic mass is 32.1. The zero-order valence-corrected chi connectivity index (χ0v) is 16.1. The molecule has 144 valence electrons. The van der Waals surface area contributed by atoms with E-state index in [2.05, 4.69) is 31.0 Å². The lowest BCUT2D eigenvalue weighted by Crippen LogP contribution is -2.28. The fourth-order valence-electron chi connectivity index (χ4n) is 2.53. The van der Waals surface area contributed by atoms with Crippen molar-refractivity contribution >= 4 is 23.1 Å². The van der Waals surface area contributed by atoms with Crippen molar-refractivity contribution in [3.8, 4) is 22.9 Å². The summed E-state index contributed by atoms with van der Waals surface area (Å²) in [6.07, 6.45) is 4.79. The molecule has 0 aliphatic rings. The molecule has 0 saturated heterocycles. The molecule has 3 aromatic heterocycles. The summed E-state index contributed by atoms with van der Waals surface area (Å²) in [4.78, 5) is 24.4. The minimum atomic E-state index is -0.295. The van der Waals surface area contributed by atoms with Crippen LogP contribution < -0.4 is 15.4 Å². The van der Waals surface area contributed by atoms with Crippen LogP contribution in [0.5, 0.6) is 11.6 Å². The van der Waals surface area contributed by atoms with Gasteiger partial charge in [-0.15, -0.1) is 0 Å². The van der Waals surface area contributed by atoms with Gasteiger partial charge in [-0.3, -0.25) is 4.98 Å². The van der Waals surface area contributed by atoms with Gasteiger partial charge in [-0.1, -0.05) is 6.07 Å². The number of nitrogens with one attached hydrogen (secondary N) is 2. The van der Waals surface area contributed by atoms with E-state index in [1.165, 1.54) is 6.33 Å². The summed E-state index contributed by atoms with van der Waals surface area (Å²) < 4.78 is 5.59. The Hall–Kier alpha value is -3.78. The van der Waals surface area contributed by atoms with E-state index >= 15 is 0 Å². The van der Waals surface area contributed by atoms with Gasteiger partial charge in [0.2, 0.25) is 5.88 Å². The lowest BCUT2D eigenvalue weighted by molar-refractivity contribution is 0.251. The molecule has 0 spiro atoms. The minimum absolute atomic E-state index is 0.295. The van der Waals surface area contributed by atoms with Crippen LogP contribution in [0.4, 0.5) is 10.5 Å². The van der Waals surface area contributed by atoms with Gasteiger partial charge in [0.25, 0.3) is 0 Å². The Balaban J connectivity index is 1.27. The molecule has 0 fully saturated rings. The van der Waals surface area contributed by atoms with Crippen molar-refractivity contribution in [2.24, 2.45) is 0 Å². The molecule has 7 nitrogen and oxygen atoms in total. The summed E-state index contributed by atoms with van der Waals surface area (Å²) in [6, 6.07) is 14.3. The van der Waals surface area contributed by atoms with Gasteiger partial charge in [-0.05, 0) is 47.3 Å². The molecule has 2 N–H and O–H groups in total. The van der Waals surface area contributed by atoms with Gasteiger partial charge in [0.15, 0.2) is 0 Å². The molecule has 8 heteroatoms. The smallest absolute Gasteiger partial charge is 0.319 e. The molecule has 4 aromatic rings. The zero-order valence-electron chi connectivity index (χ0n) is 15.3. The monoisotopic (exact) mass is 403 g/mol. The van der Waals surface area contributed by atoms with Gasteiger partial charge in [-0.2, -0.15) is 11.3 Å². The first kappa shape index (κ1) is 18.6. The summed E-state index contributed by atoms with van der Waals surface area (Å²) in [5, 5.41) is 9.68. The number of hydrogen-bond acceptors (Lipinski definition) is 6. The van der Waals surface area contributed by atoms with E-state index in [1.54, 1.807) is 54.1 Å². The molecule has 4 rings (SSSR count). The quantitative estimate of drug-likeness (QED) is 0.486. The zero-order chi connectivity index (χ0) is 19.9. The van der Waals surface area contributed by atoms with Gasteiger partial charge < -0.3 is 15.4 Å². The number of thiophene rings is 1. The van der Waals surface area contributed by atoms with Gasteiger partial charge in [0.1, 0.15) is 12.1 Å². The summed E-state index contributed by atoms with van der Waals surface area (Å²) in [6.45, 7) is 0.387. The molecule has 1 aromatic carbocycles. The number of urea groups is 1. The second-order valence-electron chi connectivity index (χ2n) is 6.05. The van der Waals surface area contributed by atoms with Crippen LogP contribution in [-0.2, 0) is 6.54 Å². The van der Waals surface area contributed by atoms with E-state index < -0.39 is 0 Å². The predicted molar refractivity (Wildman–Crippen MR) is 112 cm³/mol. The molecule has 2 amide bonds. The first-order valence-corrected chi connectivity index (χ1v) is 9.77. The molecule has 0 bridgehead atoms. The first-order chi connectivity index (χ1) is 14.3. The number of nitrogens with zero attached hydrogens (tertiary/aromatic N) is 3. The van der Waals surface area contributed by atoms with Crippen molar-refractivity contribution in [2.45, 2.75) is 6.54 Å². The minimum Gasteiger partial charge on any atom is -0.439 e. The highest BCUT2D eigenvalue weighted by Crippen LogP contribution is 2.21. The van der Waals surface area contributed by atoms with Crippen molar-refractivity contribution in [3.05, 3.63) is 83.6 Å². The average Bonchev–Trinajstić information content (AvgIpc) is 3.30. The van der Waals surface area contributed by atoms with Crippen molar-refractivity contribution in [1.82, 2.24) is 20.3 Å². The summed E-state index contributed by atoms with van der Waals surface area (Å²) in [7, 11) is 0. The number of hydrogen-bond donors (Lipinski definition) is 2. The van der Waals surface area contributed by atoms with Crippen LogP contribution in [-0.4, -0.2) is 21.0 Å². The Kier molecular flexibility index (Phi) is 5.73. The molecule has 3 heterocycles. The normalized spacial score (nSPS) is 10.3. The second-order valence-corrected chi connectivity index (χ2v) is 6.83. The maximum atomic E-state index is 12.1. The van der Waals surface area contributed by atoms with Gasteiger partial charge in [0, 0.05) is 41.6 Å². The maximum absolute atomic E-state index is 12.1. The Morgan fingerprint density at radius 2 is 1.93 bits per heavy atom. The van der Waals surface area contributed by atoms with Crippen LogP contribution in [0.25, 0.3) is 11.3 Å². The van der Waals surface area contributed by atoms with E-state index in [1.807, 2.05) is 23.6 Å². The molecule has 0 aliphatic heterocycles. The molecule has 0 unspecified atom stereocenters. The Morgan fingerprint density at radius 3 is 2.62 bits per heavy atom. The topological polar surface area (TPSA) is 89.0 Å². The average molecular weight is 403 g/mol. The maximum Gasteiger partial charge on any atom is 0.319 e. The van der Waals surface area contributed by atoms with Gasteiger partial charge >= 0.3 is 6.03 Å². The highest BCUT2D eigenvalue weighted by Gasteiger charge is 2.05. The molecule has 0 aliphatic carbocycles. The van der Waals surface area contributed by atoms with Crippen LogP contribution in [0.3, 0.4) is 0 Å². The van der Waals surface area contributed by atoms with Crippen LogP contribution in [0.2, 0.25) is 0 Å². The molecule has 29 heavy (non-hydrogen) atoms. The number of carbonyl (C=O) groups excluding carboxylic acids is 1. The van der Waals surface area contributed by atoms with Crippen LogP contribution in [0.15, 0.2) is 78.0 Å². The third kappa shape index (κ3) is 5.14. The summed E-state index contributed by atoms with van der Waals surface area (Å²) >= 11 is 1.64. The summed E-state index contributed by atoms with van der Waals surface area (Å²) in [5.41, 5.74) is 3.60. The lowest BCUT2D eigenvalue weighted by Gasteiger charge is -2.09. The van der Waals surface area contributed by atoms with Crippen LogP contribution >= 0.6 is 11.3 Å². The van der Waals surface area contributed by atoms with E-state index in [9.17, 15) is 4.79 Å². The van der Waals surface area contributed by atoms with Crippen LogP contribution in [0.1, 0.15) is 5.56 Å². The van der Waals surface area contributed by atoms with E-state index in [0.29, 0.717) is 23.9 Å². The third-order valence-electron chi connectivity index (χ3n) is 3.98. The molecule has 0 atom stereocenters. The number of benzene rings is 1. The number of amides is 2. The predicted octanol–water partition coefficient (Wildman–Crippen LogP) is 4.71. The van der Waals surface area contributed by atoms with E-state index in [0.717, 1.165) is 16.8 Å². The number of aromatic nitrogens is 3. The number of carbonyl (C=O) groups is 1. The second kappa shape index (κ2) is 8.94. The summed E-state index contributed by atoms with van der Waals surface area (Å²) in [5.74, 6) is 1.07. The van der Waals surface area contributed by atoms with Crippen molar-refractivity contribution in [3.63, 3.8) is 0 Å². The van der Waals surface area contributed by atoms with Gasteiger partial charge in [0.05, 0.1) is 5.69 Å². The Labute approximate surface area is 171 Å². The standard InChI is InChI=1S/C21H17N5O2S/c27-21(24-12-15-1-6-19(23-11-15)16-8-10-29-13-16)26-17-2-4-18(5-3-17)28-20-7-9-22-14-25-20/h1-11,13-14H,12H2,(H2,24,26,27). The Morgan fingerprint density at radius 1 is 1.03 bits per heavy atom. The molecular weight excluding hydrogens is 386 g/mol. The largest absolute Gasteiger partial charge is 0.439 e. The number of anilines is 1. The van der Waals surface area contributed by atoms with Crippen LogP contribution in [0, 0.1) is 0 Å². The SMILES string of the molecule is O=C(NCc1ccc(-c2ccsc2)nc1)Nc1ccc(Oc2ccncn2)cc1. The van der Waals surface area contributed by atoms with E-state index in [4.69, 9.17) is 4.74 Å². The third-order valence-corrected chi connectivity index (χ3v) is 4.67. The number of rotatable bonds is 6. The highest BCUT2D eigenvalue weighted by molar-refractivity contribution is 7.08. The lowest BCUT2D eigenvalue weighted by atomic mass is 10.2. The van der Waals surface area contributed by atoms with Crippen molar-refractivity contribution in [1.29, 1.82) is 0 Å².